The lowest BCUT2D eigenvalue weighted by Gasteiger charge is -2.49. The summed E-state index contributed by atoms with van der Waals surface area (Å²) in [6.45, 7) is 17.1. The van der Waals surface area contributed by atoms with Crippen molar-refractivity contribution in [3.8, 4) is 0 Å². The Hall–Kier alpha value is -3.12. The molecule has 3 aromatic rings. The standard InChI is InChI=1S/C32H30.2C2H6/c1-5-21(2)22-18-19-26-24(20-22)23-12-6-7-13-25(23)32(26)29-16-10-8-14-27(29)31(3,4)28-15-9-11-17-30(28)32;2*1-2/h5-12,14-20,25H,13H2,1-4H3;2*1-2H3/b21-5+;;. The number of hydrogen-bond donors (Lipinski definition) is 0. The quantitative estimate of drug-likeness (QED) is 0.329. The molecule has 0 aromatic heterocycles. The monoisotopic (exact) mass is 474 g/mol. The average Bonchev–Trinajstić information content (AvgIpc) is 3.24. The fourth-order valence-corrected chi connectivity index (χ4v) is 6.74. The summed E-state index contributed by atoms with van der Waals surface area (Å²) in [4.78, 5) is 0. The van der Waals surface area contributed by atoms with Crippen molar-refractivity contribution >= 4 is 11.1 Å². The molecule has 0 fully saturated rings. The van der Waals surface area contributed by atoms with E-state index in [1.807, 2.05) is 27.7 Å². The molecule has 0 saturated carbocycles. The summed E-state index contributed by atoms with van der Waals surface area (Å²) >= 11 is 0. The van der Waals surface area contributed by atoms with Gasteiger partial charge < -0.3 is 0 Å². The van der Waals surface area contributed by atoms with Crippen molar-refractivity contribution in [3.63, 3.8) is 0 Å². The Bertz CT molecular complexity index is 1290. The van der Waals surface area contributed by atoms with Crippen molar-refractivity contribution in [1.82, 2.24) is 0 Å². The molecule has 0 nitrogen and oxygen atoms in total. The van der Waals surface area contributed by atoms with Crippen molar-refractivity contribution in [3.05, 3.63) is 130 Å². The van der Waals surface area contributed by atoms with Crippen molar-refractivity contribution < 1.29 is 0 Å². The van der Waals surface area contributed by atoms with Crippen LogP contribution < -0.4 is 0 Å². The number of allylic oxidation sites excluding steroid dienone is 6. The van der Waals surface area contributed by atoms with Gasteiger partial charge in [-0.05, 0) is 76.4 Å². The second kappa shape index (κ2) is 10.1. The summed E-state index contributed by atoms with van der Waals surface area (Å²) in [7, 11) is 0. The predicted octanol–water partition coefficient (Wildman–Crippen LogP) is 10.1. The van der Waals surface area contributed by atoms with E-state index in [1.165, 1.54) is 50.1 Å². The van der Waals surface area contributed by atoms with E-state index in [1.54, 1.807) is 0 Å². The van der Waals surface area contributed by atoms with Crippen LogP contribution in [0.2, 0.25) is 0 Å². The van der Waals surface area contributed by atoms with Crippen LogP contribution in [0.1, 0.15) is 101 Å². The van der Waals surface area contributed by atoms with Gasteiger partial charge in [0.05, 0.1) is 5.41 Å². The third-order valence-electron chi connectivity index (χ3n) is 8.38. The molecule has 0 heteroatoms. The Balaban J connectivity index is 0.000000726. The van der Waals surface area contributed by atoms with E-state index in [-0.39, 0.29) is 10.8 Å². The second-order valence-electron chi connectivity index (χ2n) is 10.1. The van der Waals surface area contributed by atoms with E-state index in [2.05, 4.69) is 119 Å². The highest BCUT2D eigenvalue weighted by Crippen LogP contribution is 2.64. The number of benzene rings is 3. The Kier molecular flexibility index (Phi) is 7.28. The highest BCUT2D eigenvalue weighted by Gasteiger charge is 2.56. The minimum atomic E-state index is -0.142. The first-order valence-corrected chi connectivity index (χ1v) is 13.9. The minimum Gasteiger partial charge on any atom is -0.0841 e. The van der Waals surface area contributed by atoms with Crippen LogP contribution in [0.5, 0.6) is 0 Å². The van der Waals surface area contributed by atoms with Gasteiger partial charge in [-0.15, -0.1) is 0 Å². The van der Waals surface area contributed by atoms with Gasteiger partial charge >= 0.3 is 0 Å². The van der Waals surface area contributed by atoms with E-state index in [4.69, 9.17) is 0 Å². The zero-order valence-corrected chi connectivity index (χ0v) is 23.4. The molecule has 3 aliphatic rings. The number of hydrogen-bond acceptors (Lipinski definition) is 0. The second-order valence-corrected chi connectivity index (χ2v) is 10.1. The van der Waals surface area contributed by atoms with Gasteiger partial charge in [0.15, 0.2) is 0 Å². The molecular weight excluding hydrogens is 432 g/mol. The first-order valence-electron chi connectivity index (χ1n) is 13.9. The van der Waals surface area contributed by atoms with Crippen LogP contribution in [0.25, 0.3) is 11.1 Å². The maximum atomic E-state index is 2.45. The van der Waals surface area contributed by atoms with E-state index in [0.29, 0.717) is 5.92 Å². The van der Waals surface area contributed by atoms with Gasteiger partial charge in [0, 0.05) is 11.3 Å². The first-order chi connectivity index (χ1) is 17.5. The molecule has 3 aliphatic carbocycles. The molecule has 1 atom stereocenters. The summed E-state index contributed by atoms with van der Waals surface area (Å²) in [5.74, 6) is 0.419. The van der Waals surface area contributed by atoms with Gasteiger partial charge in [0.1, 0.15) is 0 Å². The highest BCUT2D eigenvalue weighted by molar-refractivity contribution is 5.87. The molecule has 186 valence electrons. The van der Waals surface area contributed by atoms with Gasteiger partial charge in [0.25, 0.3) is 0 Å². The third kappa shape index (κ3) is 3.49. The molecule has 0 N–H and O–H groups in total. The van der Waals surface area contributed by atoms with Crippen molar-refractivity contribution in [1.29, 1.82) is 0 Å². The molecule has 0 saturated heterocycles. The van der Waals surface area contributed by atoms with Crippen LogP contribution in [0.15, 0.2) is 91.0 Å². The number of fused-ring (bicyclic) bond motifs is 9. The topological polar surface area (TPSA) is 0 Å². The molecule has 36 heavy (non-hydrogen) atoms. The van der Waals surface area contributed by atoms with Gasteiger partial charge in [-0.25, -0.2) is 0 Å². The van der Waals surface area contributed by atoms with Crippen molar-refractivity contribution in [2.24, 2.45) is 5.92 Å². The zero-order valence-electron chi connectivity index (χ0n) is 23.4. The summed E-state index contributed by atoms with van der Waals surface area (Å²) < 4.78 is 0. The maximum absolute atomic E-state index is 2.45. The van der Waals surface area contributed by atoms with Crippen molar-refractivity contribution in [2.75, 3.05) is 0 Å². The van der Waals surface area contributed by atoms with Crippen LogP contribution in [0.4, 0.5) is 0 Å². The molecule has 3 aromatic carbocycles. The zero-order chi connectivity index (χ0) is 26.1. The lowest BCUT2D eigenvalue weighted by atomic mass is 9.53. The fraction of sp³-hybridized carbons (Fsp3) is 0.333. The van der Waals surface area contributed by atoms with Crippen LogP contribution in [0, 0.1) is 5.92 Å². The summed E-state index contributed by atoms with van der Waals surface area (Å²) in [6.07, 6.45) is 10.3. The molecule has 0 heterocycles. The lowest BCUT2D eigenvalue weighted by molar-refractivity contribution is 0.439. The molecule has 0 bridgehead atoms. The minimum absolute atomic E-state index is 0.0168. The Morgan fingerprint density at radius 1 is 0.778 bits per heavy atom. The third-order valence-corrected chi connectivity index (χ3v) is 8.38. The summed E-state index contributed by atoms with van der Waals surface area (Å²) in [5, 5.41) is 0. The van der Waals surface area contributed by atoms with Crippen LogP contribution in [0.3, 0.4) is 0 Å². The SMILES string of the molecule is C/C=C(\C)c1ccc2c(c1)C1=CC=CCC1C21c2ccccc2C(C)(C)c2ccccc21.CC.CC. The number of rotatable bonds is 1. The fourth-order valence-electron chi connectivity index (χ4n) is 6.74. The predicted molar refractivity (Wildman–Crippen MR) is 159 cm³/mol. The summed E-state index contributed by atoms with van der Waals surface area (Å²) in [6, 6.07) is 25.7. The van der Waals surface area contributed by atoms with E-state index in [9.17, 15) is 0 Å². The van der Waals surface area contributed by atoms with Crippen LogP contribution in [-0.4, -0.2) is 0 Å². The molecule has 0 amide bonds. The normalized spacial score (nSPS) is 19.4. The molecule has 6 rings (SSSR count). The largest absolute Gasteiger partial charge is 0.0841 e. The Morgan fingerprint density at radius 3 is 1.89 bits per heavy atom. The molecule has 1 spiro atoms. The maximum Gasteiger partial charge on any atom is 0.0534 e. The van der Waals surface area contributed by atoms with Gasteiger partial charge in [-0.2, -0.15) is 0 Å². The molecular formula is C36H42. The van der Waals surface area contributed by atoms with Crippen molar-refractivity contribution in [2.45, 2.75) is 72.6 Å². The molecule has 0 aliphatic heterocycles. The molecule has 1 unspecified atom stereocenters. The van der Waals surface area contributed by atoms with Gasteiger partial charge in [-0.1, -0.05) is 127 Å². The summed E-state index contributed by atoms with van der Waals surface area (Å²) in [5.41, 5.74) is 12.8. The smallest absolute Gasteiger partial charge is 0.0534 e. The van der Waals surface area contributed by atoms with E-state index < -0.39 is 0 Å². The molecule has 0 radical (unpaired) electrons. The van der Waals surface area contributed by atoms with Gasteiger partial charge in [0.2, 0.25) is 0 Å². The highest BCUT2D eigenvalue weighted by atomic mass is 14.6. The first kappa shape index (κ1) is 26.0. The van der Waals surface area contributed by atoms with Gasteiger partial charge in [-0.3, -0.25) is 0 Å². The van der Waals surface area contributed by atoms with E-state index >= 15 is 0 Å². The Labute approximate surface area is 219 Å². The average molecular weight is 475 g/mol. The lowest BCUT2D eigenvalue weighted by Crippen LogP contribution is -2.43. The van der Waals surface area contributed by atoms with E-state index in [0.717, 1.165) is 6.42 Å². The Morgan fingerprint density at radius 2 is 1.33 bits per heavy atom. The van der Waals surface area contributed by atoms with Crippen LogP contribution >= 0.6 is 0 Å². The van der Waals surface area contributed by atoms with Crippen LogP contribution in [-0.2, 0) is 10.8 Å².